The van der Waals surface area contributed by atoms with Crippen LogP contribution in [0.1, 0.15) is 22.3 Å². The van der Waals surface area contributed by atoms with Gasteiger partial charge in [-0.3, -0.25) is 0 Å². The van der Waals surface area contributed by atoms with Gasteiger partial charge >= 0.3 is 0 Å². The van der Waals surface area contributed by atoms with Crippen molar-refractivity contribution in [2.45, 2.75) is 27.0 Å². The van der Waals surface area contributed by atoms with Crippen LogP contribution < -0.4 is 10.1 Å². The van der Waals surface area contributed by atoms with Crippen LogP contribution in [-0.2, 0) is 13.2 Å². The summed E-state index contributed by atoms with van der Waals surface area (Å²) in [6, 6.07) is 20.8. The van der Waals surface area contributed by atoms with Crippen LogP contribution in [0.4, 0.5) is 10.1 Å². The van der Waals surface area contributed by atoms with Crippen LogP contribution in [0.3, 0.4) is 0 Å². The molecule has 0 saturated heterocycles. The number of aryl methyl sites for hydroxylation is 1. The zero-order valence-corrected chi connectivity index (χ0v) is 14.6. The Morgan fingerprint density at radius 1 is 0.920 bits per heavy atom. The van der Waals surface area contributed by atoms with Gasteiger partial charge in [-0.25, -0.2) is 4.39 Å². The van der Waals surface area contributed by atoms with E-state index in [-0.39, 0.29) is 12.4 Å². The SMILES string of the molecule is Cc1cccc(NCc2cccc(OCc3ccccc3F)c2)c1C. The Morgan fingerprint density at radius 2 is 1.72 bits per heavy atom. The average Bonchev–Trinajstić information content (AvgIpc) is 2.63. The number of hydrogen-bond acceptors (Lipinski definition) is 2. The number of rotatable bonds is 6. The number of anilines is 1. The van der Waals surface area contributed by atoms with Crippen molar-refractivity contribution in [3.05, 3.63) is 94.8 Å². The van der Waals surface area contributed by atoms with Crippen LogP contribution in [0, 0.1) is 19.7 Å². The minimum Gasteiger partial charge on any atom is -0.489 e. The molecular weight excluding hydrogens is 313 g/mol. The Balaban J connectivity index is 1.63. The van der Waals surface area contributed by atoms with Crippen LogP contribution in [0.15, 0.2) is 66.7 Å². The molecule has 3 heteroatoms. The Bertz CT molecular complexity index is 860. The fourth-order valence-electron chi connectivity index (χ4n) is 2.66. The molecule has 0 aliphatic heterocycles. The average molecular weight is 335 g/mol. The van der Waals surface area contributed by atoms with Crippen LogP contribution in [0.5, 0.6) is 5.75 Å². The highest BCUT2D eigenvalue weighted by Gasteiger charge is 2.04. The first kappa shape index (κ1) is 17.0. The molecule has 0 aliphatic rings. The number of halogens is 1. The number of nitrogens with one attached hydrogen (secondary N) is 1. The van der Waals surface area contributed by atoms with Gasteiger partial charge in [0.2, 0.25) is 0 Å². The van der Waals surface area contributed by atoms with Crippen molar-refractivity contribution < 1.29 is 9.13 Å². The lowest BCUT2D eigenvalue weighted by atomic mass is 10.1. The third-order valence-corrected chi connectivity index (χ3v) is 4.34. The van der Waals surface area contributed by atoms with Crippen molar-refractivity contribution in [3.8, 4) is 5.75 Å². The Hall–Kier alpha value is -2.81. The molecule has 0 heterocycles. The fourth-order valence-corrected chi connectivity index (χ4v) is 2.66. The maximum atomic E-state index is 13.7. The second-order valence-corrected chi connectivity index (χ2v) is 6.13. The predicted octanol–water partition coefficient (Wildman–Crippen LogP) is 5.63. The van der Waals surface area contributed by atoms with E-state index in [0.29, 0.717) is 12.1 Å². The zero-order valence-electron chi connectivity index (χ0n) is 14.6. The molecular formula is C22H22FNO. The van der Waals surface area contributed by atoms with Gasteiger partial charge in [0.25, 0.3) is 0 Å². The second-order valence-electron chi connectivity index (χ2n) is 6.13. The molecule has 0 atom stereocenters. The fraction of sp³-hybridized carbons (Fsp3) is 0.182. The highest BCUT2D eigenvalue weighted by atomic mass is 19.1. The third-order valence-electron chi connectivity index (χ3n) is 4.34. The number of ether oxygens (including phenoxy) is 1. The summed E-state index contributed by atoms with van der Waals surface area (Å²) in [5.74, 6) is 0.499. The molecule has 1 N–H and O–H groups in total. The first-order chi connectivity index (χ1) is 12.1. The van der Waals surface area contributed by atoms with E-state index in [9.17, 15) is 4.39 Å². The smallest absolute Gasteiger partial charge is 0.129 e. The first-order valence-electron chi connectivity index (χ1n) is 8.39. The molecule has 0 unspecified atom stereocenters. The van der Waals surface area contributed by atoms with Gasteiger partial charge in [-0.15, -0.1) is 0 Å². The monoisotopic (exact) mass is 335 g/mol. The lowest BCUT2D eigenvalue weighted by Crippen LogP contribution is -2.03. The first-order valence-corrected chi connectivity index (χ1v) is 8.39. The summed E-state index contributed by atoms with van der Waals surface area (Å²) in [5.41, 5.74) is 5.34. The van der Waals surface area contributed by atoms with Crippen molar-refractivity contribution in [1.82, 2.24) is 0 Å². The van der Waals surface area contributed by atoms with E-state index < -0.39 is 0 Å². The molecule has 0 aliphatic carbocycles. The van der Waals surface area contributed by atoms with Crippen molar-refractivity contribution >= 4 is 5.69 Å². The maximum Gasteiger partial charge on any atom is 0.129 e. The van der Waals surface area contributed by atoms with Gasteiger partial charge in [-0.1, -0.05) is 42.5 Å². The summed E-state index contributed by atoms with van der Waals surface area (Å²) in [5, 5.41) is 3.46. The lowest BCUT2D eigenvalue weighted by molar-refractivity contribution is 0.299. The summed E-state index contributed by atoms with van der Waals surface area (Å²) in [6.45, 7) is 5.16. The largest absolute Gasteiger partial charge is 0.489 e. The molecule has 3 rings (SSSR count). The highest BCUT2D eigenvalue weighted by molar-refractivity contribution is 5.54. The molecule has 0 spiro atoms. The van der Waals surface area contributed by atoms with Crippen molar-refractivity contribution in [3.63, 3.8) is 0 Å². The summed E-state index contributed by atoms with van der Waals surface area (Å²) >= 11 is 0. The van der Waals surface area contributed by atoms with Gasteiger partial charge in [0, 0.05) is 17.8 Å². The van der Waals surface area contributed by atoms with Crippen LogP contribution in [0.25, 0.3) is 0 Å². The molecule has 0 saturated carbocycles. The van der Waals surface area contributed by atoms with Crippen LogP contribution in [0.2, 0.25) is 0 Å². The van der Waals surface area contributed by atoms with E-state index in [4.69, 9.17) is 4.74 Å². The van der Waals surface area contributed by atoms with E-state index in [0.717, 1.165) is 17.0 Å². The van der Waals surface area contributed by atoms with Crippen molar-refractivity contribution in [2.75, 3.05) is 5.32 Å². The summed E-state index contributed by atoms with van der Waals surface area (Å²) in [4.78, 5) is 0. The normalized spacial score (nSPS) is 10.5. The lowest BCUT2D eigenvalue weighted by Gasteiger charge is -2.13. The van der Waals surface area contributed by atoms with Crippen LogP contribution >= 0.6 is 0 Å². The van der Waals surface area contributed by atoms with Crippen LogP contribution in [-0.4, -0.2) is 0 Å². The molecule has 0 bridgehead atoms. The zero-order chi connectivity index (χ0) is 17.6. The third kappa shape index (κ3) is 4.38. The van der Waals surface area contributed by atoms with Gasteiger partial charge in [0.15, 0.2) is 0 Å². The van der Waals surface area contributed by atoms with Gasteiger partial charge in [0.1, 0.15) is 18.2 Å². The second kappa shape index (κ2) is 7.84. The van der Waals surface area contributed by atoms with Crippen molar-refractivity contribution in [1.29, 1.82) is 0 Å². The minimum atomic E-state index is -0.241. The van der Waals surface area contributed by atoms with Gasteiger partial charge in [-0.2, -0.15) is 0 Å². The van der Waals surface area contributed by atoms with E-state index >= 15 is 0 Å². The van der Waals surface area contributed by atoms with Gasteiger partial charge in [-0.05, 0) is 54.8 Å². The van der Waals surface area contributed by atoms with Crippen molar-refractivity contribution in [2.24, 2.45) is 0 Å². The standard InChI is InChI=1S/C22H22FNO/c1-16-7-5-12-22(17(16)2)24-14-18-8-6-10-20(13-18)25-15-19-9-3-4-11-21(19)23/h3-13,24H,14-15H2,1-2H3. The Morgan fingerprint density at radius 3 is 2.56 bits per heavy atom. The summed E-state index contributed by atoms with van der Waals surface area (Å²) in [7, 11) is 0. The van der Waals surface area contributed by atoms with E-state index in [1.807, 2.05) is 30.3 Å². The number of benzene rings is 3. The molecule has 0 radical (unpaired) electrons. The molecule has 3 aromatic rings. The molecule has 0 aromatic heterocycles. The van der Waals surface area contributed by atoms with E-state index in [1.54, 1.807) is 12.1 Å². The molecule has 3 aromatic carbocycles. The molecule has 0 amide bonds. The van der Waals surface area contributed by atoms with E-state index in [1.165, 1.54) is 17.2 Å². The molecule has 25 heavy (non-hydrogen) atoms. The highest BCUT2D eigenvalue weighted by Crippen LogP contribution is 2.20. The predicted molar refractivity (Wildman–Crippen MR) is 100 cm³/mol. The quantitative estimate of drug-likeness (QED) is 0.630. The molecule has 128 valence electrons. The van der Waals surface area contributed by atoms with Gasteiger partial charge in [0.05, 0.1) is 0 Å². The molecule has 2 nitrogen and oxygen atoms in total. The Labute approximate surface area is 148 Å². The Kier molecular flexibility index (Phi) is 5.34. The topological polar surface area (TPSA) is 21.3 Å². The maximum absolute atomic E-state index is 13.7. The minimum absolute atomic E-state index is 0.223. The summed E-state index contributed by atoms with van der Waals surface area (Å²) < 4.78 is 19.4. The van der Waals surface area contributed by atoms with E-state index in [2.05, 4.69) is 37.4 Å². The summed E-state index contributed by atoms with van der Waals surface area (Å²) in [6.07, 6.45) is 0. The number of hydrogen-bond donors (Lipinski definition) is 1. The molecule has 0 fully saturated rings. The van der Waals surface area contributed by atoms with Gasteiger partial charge < -0.3 is 10.1 Å².